The molecule has 1 fully saturated rings. The van der Waals surface area contributed by atoms with Crippen LogP contribution in [0.2, 0.25) is 0 Å². The van der Waals surface area contributed by atoms with Gasteiger partial charge in [0.2, 0.25) is 11.7 Å². The fourth-order valence-electron chi connectivity index (χ4n) is 4.51. The molecule has 7 nitrogen and oxygen atoms in total. The average Bonchev–Trinajstić information content (AvgIpc) is 2.82. The summed E-state index contributed by atoms with van der Waals surface area (Å²) in [5.74, 6) is 2.38. The number of amides is 1. The smallest absolute Gasteiger partial charge is 0.222 e. The number of nitrogens with zero attached hydrogens (tertiary/aromatic N) is 1. The minimum Gasteiger partial charge on any atom is -0.494 e. The average molecular weight is 454 g/mol. The van der Waals surface area contributed by atoms with E-state index in [4.69, 9.17) is 18.9 Å². The fraction of sp³-hybridized carbons (Fsp3) is 0.462. The minimum absolute atomic E-state index is 0.0326. The molecule has 33 heavy (non-hydrogen) atoms. The van der Waals surface area contributed by atoms with Gasteiger partial charge in [0, 0.05) is 32.4 Å². The number of hydrogen-bond acceptors (Lipinski definition) is 6. The third kappa shape index (κ3) is 4.92. The summed E-state index contributed by atoms with van der Waals surface area (Å²) >= 11 is 0. The lowest BCUT2D eigenvalue weighted by molar-refractivity contribution is -0.135. The second-order valence-corrected chi connectivity index (χ2v) is 8.71. The van der Waals surface area contributed by atoms with Gasteiger partial charge in [-0.1, -0.05) is 17.7 Å². The Morgan fingerprint density at radius 2 is 1.79 bits per heavy atom. The number of ether oxygens (including phenoxy) is 4. The van der Waals surface area contributed by atoms with Crippen molar-refractivity contribution in [2.45, 2.75) is 44.6 Å². The molecule has 0 aromatic heterocycles. The quantitative estimate of drug-likeness (QED) is 0.585. The summed E-state index contributed by atoms with van der Waals surface area (Å²) in [6.07, 6.45) is 2.61. The van der Waals surface area contributed by atoms with Crippen molar-refractivity contribution in [2.24, 2.45) is 0 Å². The zero-order chi connectivity index (χ0) is 23.4. The summed E-state index contributed by atoms with van der Waals surface area (Å²) in [6.45, 7) is 3.66. The monoisotopic (exact) mass is 453 g/mol. The number of hydrogen-bond donors (Lipinski definition) is 0. The lowest BCUT2D eigenvalue weighted by Gasteiger charge is -2.44. The van der Waals surface area contributed by atoms with E-state index in [2.05, 4.69) is 0 Å². The van der Waals surface area contributed by atoms with E-state index in [1.54, 1.807) is 19.2 Å². The molecule has 0 radical (unpaired) electrons. The van der Waals surface area contributed by atoms with E-state index in [0.717, 1.165) is 5.75 Å². The van der Waals surface area contributed by atoms with Crippen LogP contribution in [0.25, 0.3) is 0 Å². The third-order valence-corrected chi connectivity index (χ3v) is 6.45. The molecule has 0 unspecified atom stereocenters. The van der Waals surface area contributed by atoms with Crippen LogP contribution in [0.3, 0.4) is 0 Å². The minimum atomic E-state index is -0.616. The van der Waals surface area contributed by atoms with E-state index in [0.29, 0.717) is 74.6 Å². The van der Waals surface area contributed by atoms with Crippen LogP contribution < -0.4 is 18.9 Å². The second-order valence-electron chi connectivity index (χ2n) is 8.71. The van der Waals surface area contributed by atoms with Gasteiger partial charge in [-0.05, 0) is 37.6 Å². The van der Waals surface area contributed by atoms with Crippen molar-refractivity contribution in [3.05, 3.63) is 47.5 Å². The Morgan fingerprint density at radius 3 is 2.45 bits per heavy atom. The molecule has 1 saturated heterocycles. The summed E-state index contributed by atoms with van der Waals surface area (Å²) in [7, 11) is 3.09. The summed E-state index contributed by atoms with van der Waals surface area (Å²) in [6, 6.07) is 11.3. The molecule has 0 atom stereocenters. The summed E-state index contributed by atoms with van der Waals surface area (Å²) in [4.78, 5) is 27.4. The number of benzene rings is 2. The van der Waals surface area contributed by atoms with Gasteiger partial charge in [-0.15, -0.1) is 0 Å². The van der Waals surface area contributed by atoms with E-state index in [1.807, 2.05) is 36.1 Å². The van der Waals surface area contributed by atoms with E-state index < -0.39 is 5.60 Å². The Balaban J connectivity index is 1.31. The van der Waals surface area contributed by atoms with Crippen molar-refractivity contribution in [2.75, 3.05) is 33.9 Å². The molecule has 1 spiro atoms. The molecule has 2 aliphatic heterocycles. The van der Waals surface area contributed by atoms with Gasteiger partial charge < -0.3 is 23.8 Å². The third-order valence-electron chi connectivity index (χ3n) is 6.45. The highest BCUT2D eigenvalue weighted by atomic mass is 16.5. The molecule has 2 aromatic rings. The van der Waals surface area contributed by atoms with Crippen LogP contribution >= 0.6 is 0 Å². The van der Waals surface area contributed by atoms with Crippen molar-refractivity contribution in [3.63, 3.8) is 0 Å². The molecule has 0 saturated carbocycles. The normalized spacial score (nSPS) is 16.7. The zero-order valence-electron chi connectivity index (χ0n) is 19.5. The predicted molar refractivity (Wildman–Crippen MR) is 124 cm³/mol. The standard InChI is InChI=1S/C26H31NO6/c1-18-6-8-19(9-7-18)32-16-4-5-23(29)27-14-12-26(13-15-27)17-21(28)20-10-11-22(30-2)25(31-3)24(20)33-26/h6-11H,4-5,12-17H2,1-3H3. The van der Waals surface area contributed by atoms with Crippen LogP contribution in [0.4, 0.5) is 0 Å². The maximum atomic E-state index is 12.9. The summed E-state index contributed by atoms with van der Waals surface area (Å²) in [5, 5.41) is 0. The molecule has 2 aliphatic rings. The first-order valence-electron chi connectivity index (χ1n) is 11.4. The lowest BCUT2D eigenvalue weighted by atomic mass is 9.82. The Kier molecular flexibility index (Phi) is 6.77. The van der Waals surface area contributed by atoms with Crippen molar-refractivity contribution < 1.29 is 28.5 Å². The van der Waals surface area contributed by atoms with Crippen molar-refractivity contribution in [1.29, 1.82) is 0 Å². The number of Topliss-reactive ketones (excluding diaryl/α,β-unsaturated/α-hetero) is 1. The van der Waals surface area contributed by atoms with E-state index >= 15 is 0 Å². The van der Waals surface area contributed by atoms with Crippen LogP contribution in [0.1, 0.15) is 48.0 Å². The summed E-state index contributed by atoms with van der Waals surface area (Å²) < 4.78 is 23.0. The summed E-state index contributed by atoms with van der Waals surface area (Å²) in [5.41, 5.74) is 1.09. The van der Waals surface area contributed by atoms with Crippen LogP contribution in [0.5, 0.6) is 23.0 Å². The molecule has 0 N–H and O–H groups in total. The highest BCUT2D eigenvalue weighted by molar-refractivity contribution is 6.01. The van der Waals surface area contributed by atoms with Crippen LogP contribution in [0, 0.1) is 6.92 Å². The van der Waals surface area contributed by atoms with Crippen molar-refractivity contribution >= 4 is 11.7 Å². The Hall–Kier alpha value is -3.22. The lowest BCUT2D eigenvalue weighted by Crippen LogP contribution is -2.52. The fourth-order valence-corrected chi connectivity index (χ4v) is 4.51. The molecule has 2 aromatic carbocycles. The highest BCUT2D eigenvalue weighted by Gasteiger charge is 2.45. The topological polar surface area (TPSA) is 74.3 Å². The van der Waals surface area contributed by atoms with Gasteiger partial charge in [0.15, 0.2) is 17.3 Å². The number of ketones is 1. The number of aryl methyl sites for hydroxylation is 1. The van der Waals surface area contributed by atoms with Crippen molar-refractivity contribution in [3.8, 4) is 23.0 Å². The molecule has 1 amide bonds. The zero-order valence-corrected chi connectivity index (χ0v) is 19.5. The van der Waals surface area contributed by atoms with Gasteiger partial charge in [0.05, 0.1) is 32.8 Å². The first-order chi connectivity index (χ1) is 15.9. The van der Waals surface area contributed by atoms with Crippen molar-refractivity contribution in [1.82, 2.24) is 4.90 Å². The first-order valence-corrected chi connectivity index (χ1v) is 11.4. The molecular formula is C26H31NO6. The first kappa shape index (κ1) is 23.0. The Morgan fingerprint density at radius 1 is 1.06 bits per heavy atom. The SMILES string of the molecule is COc1ccc2c(c1OC)OC1(CCN(C(=O)CCCOc3ccc(C)cc3)CC1)CC2=O. The van der Waals surface area contributed by atoms with E-state index in [9.17, 15) is 9.59 Å². The Labute approximate surface area is 194 Å². The van der Waals surface area contributed by atoms with E-state index in [-0.39, 0.29) is 11.7 Å². The van der Waals surface area contributed by atoms with Gasteiger partial charge in [0.25, 0.3) is 0 Å². The molecule has 0 bridgehead atoms. The van der Waals surface area contributed by atoms with Gasteiger partial charge in [0.1, 0.15) is 11.4 Å². The number of methoxy groups -OCH3 is 2. The molecule has 176 valence electrons. The number of fused-ring (bicyclic) bond motifs is 1. The highest BCUT2D eigenvalue weighted by Crippen LogP contribution is 2.47. The predicted octanol–water partition coefficient (Wildman–Crippen LogP) is 4.20. The number of carbonyl (C=O) groups excluding carboxylic acids is 2. The number of rotatable bonds is 7. The maximum absolute atomic E-state index is 12.9. The molecule has 0 aliphatic carbocycles. The molecule has 2 heterocycles. The number of likely N-dealkylation sites (tertiary alicyclic amines) is 1. The van der Waals surface area contributed by atoms with Gasteiger partial charge in [-0.25, -0.2) is 0 Å². The Bertz CT molecular complexity index is 1010. The largest absolute Gasteiger partial charge is 0.494 e. The number of piperidine rings is 1. The van der Waals surface area contributed by atoms with Gasteiger partial charge in [-0.3, -0.25) is 9.59 Å². The molecular weight excluding hydrogens is 422 g/mol. The van der Waals surface area contributed by atoms with Crippen LogP contribution in [-0.4, -0.2) is 56.1 Å². The maximum Gasteiger partial charge on any atom is 0.222 e. The molecule has 7 heteroatoms. The van der Waals surface area contributed by atoms with Crippen LogP contribution in [-0.2, 0) is 4.79 Å². The van der Waals surface area contributed by atoms with Crippen LogP contribution in [0.15, 0.2) is 36.4 Å². The second kappa shape index (κ2) is 9.73. The molecule has 4 rings (SSSR count). The van der Waals surface area contributed by atoms with Gasteiger partial charge >= 0.3 is 0 Å². The van der Waals surface area contributed by atoms with Gasteiger partial charge in [-0.2, -0.15) is 0 Å². The van der Waals surface area contributed by atoms with E-state index in [1.165, 1.54) is 12.7 Å². The number of carbonyl (C=O) groups is 2.